The van der Waals surface area contributed by atoms with Crippen LogP contribution in [0.2, 0.25) is 5.02 Å². The summed E-state index contributed by atoms with van der Waals surface area (Å²) in [7, 11) is 0. The van der Waals surface area contributed by atoms with Crippen LogP contribution in [0.25, 0.3) is 0 Å². The summed E-state index contributed by atoms with van der Waals surface area (Å²) in [5.41, 5.74) is 0.910. The highest BCUT2D eigenvalue weighted by atomic mass is 35.5. The largest absolute Gasteiger partial charge is 0.481 e. The summed E-state index contributed by atoms with van der Waals surface area (Å²) in [6.45, 7) is 2.41. The molecule has 0 heterocycles. The highest BCUT2D eigenvalue weighted by Gasteiger charge is 2.41. The second-order valence-corrected chi connectivity index (χ2v) is 6.08. The zero-order chi connectivity index (χ0) is 15.4. The fourth-order valence-electron chi connectivity index (χ4n) is 3.01. The van der Waals surface area contributed by atoms with Gasteiger partial charge in [-0.2, -0.15) is 0 Å². The van der Waals surface area contributed by atoms with E-state index in [1.165, 1.54) is 0 Å². The SMILES string of the molecule is CCC1C[C@H](C(=O)NCc2cccc(Cl)c2)[C@H](C(=O)O)C1. The normalized spacial score (nSPS) is 24.8. The standard InChI is InChI=1S/C16H20ClNO3/c1-2-10-7-13(14(8-10)16(20)21)15(19)18-9-11-4-3-5-12(17)6-11/h3-6,10,13-14H,2,7-9H2,1H3,(H,18,19)(H,20,21)/t10?,13-,14+/m0/s1. The summed E-state index contributed by atoms with van der Waals surface area (Å²) in [6.07, 6.45) is 2.18. The van der Waals surface area contributed by atoms with Crippen LogP contribution in [0.4, 0.5) is 0 Å². The van der Waals surface area contributed by atoms with Crippen molar-refractivity contribution in [3.63, 3.8) is 0 Å². The average molecular weight is 310 g/mol. The van der Waals surface area contributed by atoms with E-state index in [0.29, 0.717) is 30.3 Å². The molecule has 1 aliphatic carbocycles. The molecule has 114 valence electrons. The second-order valence-electron chi connectivity index (χ2n) is 5.64. The quantitative estimate of drug-likeness (QED) is 0.878. The molecule has 0 saturated heterocycles. The number of halogens is 1. The molecule has 1 aliphatic rings. The predicted molar refractivity (Wildman–Crippen MR) is 80.9 cm³/mol. The molecular weight excluding hydrogens is 290 g/mol. The van der Waals surface area contributed by atoms with Crippen molar-refractivity contribution in [3.05, 3.63) is 34.9 Å². The van der Waals surface area contributed by atoms with Crippen LogP contribution >= 0.6 is 11.6 Å². The number of hydrogen-bond acceptors (Lipinski definition) is 2. The molecule has 4 nitrogen and oxygen atoms in total. The minimum absolute atomic E-state index is 0.168. The van der Waals surface area contributed by atoms with Crippen LogP contribution in [0.5, 0.6) is 0 Å². The van der Waals surface area contributed by atoms with Gasteiger partial charge in [0.05, 0.1) is 11.8 Å². The summed E-state index contributed by atoms with van der Waals surface area (Å²) >= 11 is 5.90. The van der Waals surface area contributed by atoms with Crippen molar-refractivity contribution < 1.29 is 14.7 Å². The number of carbonyl (C=O) groups excluding carboxylic acids is 1. The molecule has 0 spiro atoms. The van der Waals surface area contributed by atoms with Crippen molar-refractivity contribution in [3.8, 4) is 0 Å². The number of amides is 1. The van der Waals surface area contributed by atoms with E-state index in [9.17, 15) is 14.7 Å². The molecule has 0 aliphatic heterocycles. The highest BCUT2D eigenvalue weighted by Crippen LogP contribution is 2.38. The van der Waals surface area contributed by atoms with Crippen molar-refractivity contribution in [2.75, 3.05) is 0 Å². The Kier molecular flexibility index (Phi) is 5.23. The van der Waals surface area contributed by atoms with Gasteiger partial charge in [-0.25, -0.2) is 0 Å². The van der Waals surface area contributed by atoms with Gasteiger partial charge < -0.3 is 10.4 Å². The Morgan fingerprint density at radius 2 is 2.05 bits per heavy atom. The Labute approximate surface area is 129 Å². The van der Waals surface area contributed by atoms with Crippen LogP contribution < -0.4 is 5.32 Å². The number of rotatable bonds is 5. The number of nitrogens with one attached hydrogen (secondary N) is 1. The summed E-state index contributed by atoms with van der Waals surface area (Å²) in [5.74, 6) is -1.69. The van der Waals surface area contributed by atoms with Crippen molar-refractivity contribution in [1.82, 2.24) is 5.32 Å². The van der Waals surface area contributed by atoms with Gasteiger partial charge in [0.2, 0.25) is 5.91 Å². The summed E-state index contributed by atoms with van der Waals surface area (Å²) in [5, 5.41) is 12.7. The molecule has 3 atom stereocenters. The highest BCUT2D eigenvalue weighted by molar-refractivity contribution is 6.30. The van der Waals surface area contributed by atoms with Gasteiger partial charge in [-0.15, -0.1) is 0 Å². The third kappa shape index (κ3) is 3.97. The van der Waals surface area contributed by atoms with Crippen LogP contribution in [-0.2, 0) is 16.1 Å². The molecule has 1 amide bonds. The first-order valence-corrected chi connectivity index (χ1v) is 7.64. The first-order valence-electron chi connectivity index (χ1n) is 7.26. The third-order valence-corrected chi connectivity index (χ3v) is 4.48. The van der Waals surface area contributed by atoms with E-state index >= 15 is 0 Å². The predicted octanol–water partition coefficient (Wildman–Crippen LogP) is 3.09. The lowest BCUT2D eigenvalue weighted by Gasteiger charge is -2.15. The van der Waals surface area contributed by atoms with Crippen LogP contribution in [-0.4, -0.2) is 17.0 Å². The molecule has 1 aromatic rings. The molecule has 1 fully saturated rings. The number of aliphatic carboxylic acids is 1. The van der Waals surface area contributed by atoms with Crippen LogP contribution in [0.15, 0.2) is 24.3 Å². The fraction of sp³-hybridized carbons (Fsp3) is 0.500. The van der Waals surface area contributed by atoms with E-state index in [4.69, 9.17) is 11.6 Å². The minimum Gasteiger partial charge on any atom is -0.481 e. The molecule has 5 heteroatoms. The number of hydrogen-bond donors (Lipinski definition) is 2. The van der Waals surface area contributed by atoms with Crippen LogP contribution in [0.3, 0.4) is 0 Å². The molecule has 1 saturated carbocycles. The summed E-state index contributed by atoms with van der Waals surface area (Å²) < 4.78 is 0. The molecule has 2 N–H and O–H groups in total. The number of carbonyl (C=O) groups is 2. The number of carboxylic acids is 1. The zero-order valence-corrected chi connectivity index (χ0v) is 12.8. The van der Waals surface area contributed by atoms with E-state index in [1.807, 2.05) is 19.1 Å². The molecule has 21 heavy (non-hydrogen) atoms. The minimum atomic E-state index is -0.867. The Balaban J connectivity index is 1.97. The smallest absolute Gasteiger partial charge is 0.307 e. The van der Waals surface area contributed by atoms with Crippen molar-refractivity contribution >= 4 is 23.5 Å². The first-order chi connectivity index (χ1) is 10.0. The van der Waals surface area contributed by atoms with Gasteiger partial charge in [0, 0.05) is 11.6 Å². The van der Waals surface area contributed by atoms with E-state index in [-0.39, 0.29) is 5.91 Å². The zero-order valence-electron chi connectivity index (χ0n) is 12.0. The number of benzene rings is 1. The average Bonchev–Trinajstić information content (AvgIpc) is 2.89. The monoisotopic (exact) mass is 309 g/mol. The van der Waals surface area contributed by atoms with Gasteiger partial charge >= 0.3 is 5.97 Å². The van der Waals surface area contributed by atoms with Crippen LogP contribution in [0, 0.1) is 17.8 Å². The van der Waals surface area contributed by atoms with Crippen molar-refractivity contribution in [2.45, 2.75) is 32.7 Å². The lowest BCUT2D eigenvalue weighted by atomic mass is 9.95. The molecule has 2 rings (SSSR count). The van der Waals surface area contributed by atoms with Gasteiger partial charge in [0.25, 0.3) is 0 Å². The van der Waals surface area contributed by atoms with Crippen molar-refractivity contribution in [2.24, 2.45) is 17.8 Å². The van der Waals surface area contributed by atoms with Gasteiger partial charge in [0.1, 0.15) is 0 Å². The fourth-order valence-corrected chi connectivity index (χ4v) is 3.22. The summed E-state index contributed by atoms with van der Waals surface area (Å²) in [6, 6.07) is 7.27. The third-order valence-electron chi connectivity index (χ3n) is 4.25. The second kappa shape index (κ2) is 6.94. The van der Waals surface area contributed by atoms with E-state index < -0.39 is 17.8 Å². The van der Waals surface area contributed by atoms with E-state index in [2.05, 4.69) is 5.32 Å². The van der Waals surface area contributed by atoms with E-state index in [0.717, 1.165) is 12.0 Å². The Bertz CT molecular complexity index is 532. The molecule has 0 aromatic heterocycles. The van der Waals surface area contributed by atoms with Gasteiger partial charge in [0.15, 0.2) is 0 Å². The Morgan fingerprint density at radius 1 is 1.33 bits per heavy atom. The number of carboxylic acid groups (broad SMARTS) is 1. The lowest BCUT2D eigenvalue weighted by Crippen LogP contribution is -2.34. The van der Waals surface area contributed by atoms with E-state index in [1.54, 1.807) is 12.1 Å². The van der Waals surface area contributed by atoms with Gasteiger partial charge in [-0.3, -0.25) is 9.59 Å². The first kappa shape index (κ1) is 15.8. The van der Waals surface area contributed by atoms with Crippen molar-refractivity contribution in [1.29, 1.82) is 0 Å². The van der Waals surface area contributed by atoms with Gasteiger partial charge in [-0.1, -0.05) is 37.1 Å². The molecule has 1 aromatic carbocycles. The Hall–Kier alpha value is -1.55. The maximum Gasteiger partial charge on any atom is 0.307 e. The molecule has 0 bridgehead atoms. The maximum absolute atomic E-state index is 12.3. The maximum atomic E-state index is 12.3. The van der Waals surface area contributed by atoms with Crippen LogP contribution in [0.1, 0.15) is 31.7 Å². The molecule has 0 radical (unpaired) electrons. The van der Waals surface area contributed by atoms with Gasteiger partial charge in [-0.05, 0) is 36.5 Å². The summed E-state index contributed by atoms with van der Waals surface area (Å²) in [4.78, 5) is 23.6. The molecule has 1 unspecified atom stereocenters. The lowest BCUT2D eigenvalue weighted by molar-refractivity contribution is -0.146. The topological polar surface area (TPSA) is 66.4 Å². The molecular formula is C16H20ClNO3. The Morgan fingerprint density at radius 3 is 2.67 bits per heavy atom.